The number of carbonyl (C=O) groups is 1. The summed E-state index contributed by atoms with van der Waals surface area (Å²) < 4.78 is 15.1. The molecule has 0 aromatic carbocycles. The van der Waals surface area contributed by atoms with E-state index < -0.39 is 6.04 Å². The summed E-state index contributed by atoms with van der Waals surface area (Å²) in [4.78, 5) is 11.4. The summed E-state index contributed by atoms with van der Waals surface area (Å²) >= 11 is 0. The molecule has 0 radical (unpaired) electrons. The van der Waals surface area contributed by atoms with E-state index in [1.54, 1.807) is 7.11 Å². The summed E-state index contributed by atoms with van der Waals surface area (Å²) in [6.07, 6.45) is 1.49. The van der Waals surface area contributed by atoms with Gasteiger partial charge in [0.15, 0.2) is 0 Å². The molecule has 0 aliphatic carbocycles. The van der Waals surface area contributed by atoms with E-state index in [4.69, 9.17) is 19.9 Å². The summed E-state index contributed by atoms with van der Waals surface area (Å²) in [6.45, 7) is 6.00. The van der Waals surface area contributed by atoms with E-state index in [1.807, 2.05) is 13.8 Å². The van der Waals surface area contributed by atoms with Gasteiger partial charge in [0.2, 0.25) is 0 Å². The lowest BCUT2D eigenvalue weighted by Gasteiger charge is -2.13. The van der Waals surface area contributed by atoms with Crippen molar-refractivity contribution in [3.8, 4) is 0 Å². The number of methoxy groups -OCH3 is 1. The second kappa shape index (κ2) is 10.5. The van der Waals surface area contributed by atoms with Gasteiger partial charge in [0.1, 0.15) is 12.6 Å². The standard InChI is InChI=1S/C12H25NO4/c1-10(2)9-11(13)12(14)17-8-7-16-6-4-5-15-3/h10-11H,4-9,13H2,1-3H3/t11-/m0/s1. The maximum Gasteiger partial charge on any atom is 0.322 e. The second-order valence-electron chi connectivity index (χ2n) is 4.36. The quantitative estimate of drug-likeness (QED) is 0.460. The van der Waals surface area contributed by atoms with Gasteiger partial charge in [-0.15, -0.1) is 0 Å². The van der Waals surface area contributed by atoms with Crippen molar-refractivity contribution in [3.05, 3.63) is 0 Å². The largest absolute Gasteiger partial charge is 0.462 e. The molecule has 2 N–H and O–H groups in total. The predicted octanol–water partition coefficient (Wildman–Crippen LogP) is 0.956. The molecule has 5 nitrogen and oxygen atoms in total. The van der Waals surface area contributed by atoms with Crippen LogP contribution in [0.4, 0.5) is 0 Å². The van der Waals surface area contributed by atoms with E-state index in [0.717, 1.165) is 6.42 Å². The maximum absolute atomic E-state index is 11.4. The van der Waals surface area contributed by atoms with Gasteiger partial charge >= 0.3 is 5.97 Å². The molecule has 0 spiro atoms. The molecule has 0 bridgehead atoms. The van der Waals surface area contributed by atoms with Gasteiger partial charge in [-0.05, 0) is 18.8 Å². The first-order chi connectivity index (χ1) is 8.07. The molecule has 0 fully saturated rings. The molecule has 0 unspecified atom stereocenters. The van der Waals surface area contributed by atoms with E-state index in [9.17, 15) is 4.79 Å². The first-order valence-electron chi connectivity index (χ1n) is 6.06. The third-order valence-corrected chi connectivity index (χ3v) is 2.14. The molecule has 0 saturated heterocycles. The summed E-state index contributed by atoms with van der Waals surface area (Å²) in [7, 11) is 1.65. The first-order valence-corrected chi connectivity index (χ1v) is 6.06. The number of nitrogens with two attached hydrogens (primary N) is 1. The van der Waals surface area contributed by atoms with Crippen LogP contribution in [0, 0.1) is 5.92 Å². The van der Waals surface area contributed by atoms with Gasteiger partial charge in [-0.1, -0.05) is 13.8 Å². The number of rotatable bonds is 10. The van der Waals surface area contributed by atoms with Crippen LogP contribution in [0.3, 0.4) is 0 Å². The van der Waals surface area contributed by atoms with E-state index in [-0.39, 0.29) is 12.6 Å². The zero-order chi connectivity index (χ0) is 13.1. The van der Waals surface area contributed by atoms with Crippen molar-refractivity contribution < 1.29 is 19.0 Å². The number of hydrogen-bond donors (Lipinski definition) is 1. The first kappa shape index (κ1) is 16.4. The van der Waals surface area contributed by atoms with E-state index in [1.165, 1.54) is 0 Å². The van der Waals surface area contributed by atoms with Crippen LogP contribution in [0.5, 0.6) is 0 Å². The molecule has 0 rings (SSSR count). The molecular weight excluding hydrogens is 222 g/mol. The molecule has 1 atom stereocenters. The van der Waals surface area contributed by atoms with E-state index in [2.05, 4.69) is 0 Å². The minimum Gasteiger partial charge on any atom is -0.462 e. The molecule has 0 saturated carbocycles. The lowest BCUT2D eigenvalue weighted by molar-refractivity contribution is -0.147. The number of esters is 1. The average molecular weight is 247 g/mol. The molecular formula is C12H25NO4. The SMILES string of the molecule is COCCCOCCOC(=O)[C@@H](N)CC(C)C. The molecule has 102 valence electrons. The maximum atomic E-state index is 11.4. The molecule has 0 aromatic rings. The van der Waals surface area contributed by atoms with Crippen molar-refractivity contribution in [3.63, 3.8) is 0 Å². The van der Waals surface area contributed by atoms with Gasteiger partial charge in [0.05, 0.1) is 6.61 Å². The van der Waals surface area contributed by atoms with E-state index >= 15 is 0 Å². The van der Waals surface area contributed by atoms with Crippen molar-refractivity contribution in [1.29, 1.82) is 0 Å². The fourth-order valence-corrected chi connectivity index (χ4v) is 1.32. The number of carbonyl (C=O) groups excluding carboxylic acids is 1. The fourth-order valence-electron chi connectivity index (χ4n) is 1.32. The van der Waals surface area contributed by atoms with Crippen LogP contribution < -0.4 is 5.73 Å². The van der Waals surface area contributed by atoms with Crippen molar-refractivity contribution in [2.45, 2.75) is 32.7 Å². The minimum absolute atomic E-state index is 0.262. The Morgan fingerprint density at radius 1 is 1.18 bits per heavy atom. The highest BCUT2D eigenvalue weighted by atomic mass is 16.6. The topological polar surface area (TPSA) is 70.8 Å². The summed E-state index contributed by atoms with van der Waals surface area (Å²) in [5, 5.41) is 0. The van der Waals surface area contributed by atoms with Gasteiger partial charge in [-0.2, -0.15) is 0 Å². The van der Waals surface area contributed by atoms with Gasteiger partial charge in [0.25, 0.3) is 0 Å². The second-order valence-corrected chi connectivity index (χ2v) is 4.36. The van der Waals surface area contributed by atoms with Crippen LogP contribution in [-0.2, 0) is 19.0 Å². The third kappa shape index (κ3) is 10.2. The highest BCUT2D eigenvalue weighted by Gasteiger charge is 2.15. The molecule has 0 aliphatic heterocycles. The molecule has 17 heavy (non-hydrogen) atoms. The lowest BCUT2D eigenvalue weighted by atomic mass is 10.1. The van der Waals surface area contributed by atoms with Crippen LogP contribution in [0.25, 0.3) is 0 Å². The van der Waals surface area contributed by atoms with E-state index in [0.29, 0.717) is 32.2 Å². The lowest BCUT2D eigenvalue weighted by Crippen LogP contribution is -2.34. The van der Waals surface area contributed by atoms with Crippen molar-refractivity contribution in [2.75, 3.05) is 33.5 Å². The highest BCUT2D eigenvalue weighted by molar-refractivity contribution is 5.75. The van der Waals surface area contributed by atoms with Crippen LogP contribution in [0.2, 0.25) is 0 Å². The van der Waals surface area contributed by atoms with Crippen molar-refractivity contribution in [1.82, 2.24) is 0 Å². The molecule has 0 aromatic heterocycles. The Morgan fingerprint density at radius 3 is 2.47 bits per heavy atom. The van der Waals surface area contributed by atoms with Crippen LogP contribution in [0.1, 0.15) is 26.7 Å². The van der Waals surface area contributed by atoms with Crippen LogP contribution in [0.15, 0.2) is 0 Å². The Kier molecular flexibility index (Phi) is 10.1. The molecule has 0 heterocycles. The zero-order valence-corrected chi connectivity index (χ0v) is 11.1. The summed E-state index contributed by atoms with van der Waals surface area (Å²) in [5.41, 5.74) is 5.67. The van der Waals surface area contributed by atoms with Crippen LogP contribution >= 0.6 is 0 Å². The third-order valence-electron chi connectivity index (χ3n) is 2.14. The predicted molar refractivity (Wildman–Crippen MR) is 65.7 cm³/mol. The molecule has 0 aliphatic rings. The number of ether oxygens (including phenoxy) is 3. The summed E-state index contributed by atoms with van der Waals surface area (Å²) in [6, 6.07) is -0.525. The minimum atomic E-state index is -0.525. The average Bonchev–Trinajstić information content (AvgIpc) is 2.26. The normalized spacial score (nSPS) is 12.8. The monoisotopic (exact) mass is 247 g/mol. The van der Waals surface area contributed by atoms with Gasteiger partial charge in [-0.25, -0.2) is 0 Å². The van der Waals surface area contributed by atoms with Gasteiger partial charge < -0.3 is 19.9 Å². The number of hydrogen-bond acceptors (Lipinski definition) is 5. The Balaban J connectivity index is 3.38. The van der Waals surface area contributed by atoms with Crippen molar-refractivity contribution >= 4 is 5.97 Å². The van der Waals surface area contributed by atoms with Gasteiger partial charge in [-0.3, -0.25) is 4.79 Å². The zero-order valence-electron chi connectivity index (χ0n) is 11.1. The fraction of sp³-hybridized carbons (Fsp3) is 0.917. The Bertz CT molecular complexity index is 197. The smallest absolute Gasteiger partial charge is 0.322 e. The molecule has 5 heteroatoms. The highest BCUT2D eigenvalue weighted by Crippen LogP contribution is 2.03. The Hall–Kier alpha value is -0.650. The summed E-state index contributed by atoms with van der Waals surface area (Å²) in [5.74, 6) is 0.0436. The Labute approximate surface area is 104 Å². The van der Waals surface area contributed by atoms with Crippen molar-refractivity contribution in [2.24, 2.45) is 11.7 Å². The van der Waals surface area contributed by atoms with Crippen LogP contribution in [-0.4, -0.2) is 45.5 Å². The molecule has 0 amide bonds. The Morgan fingerprint density at radius 2 is 1.88 bits per heavy atom. The van der Waals surface area contributed by atoms with Gasteiger partial charge in [0, 0.05) is 20.3 Å².